The van der Waals surface area contributed by atoms with E-state index < -0.39 is 31.4 Å². The lowest BCUT2D eigenvalue weighted by Crippen LogP contribution is -2.22. The first-order chi connectivity index (χ1) is 8.09. The van der Waals surface area contributed by atoms with Gasteiger partial charge in [0, 0.05) is 6.26 Å². The van der Waals surface area contributed by atoms with Crippen molar-refractivity contribution in [3.8, 4) is 0 Å². The number of anilines is 2. The molecular formula is C10H16N2O4S2. The molecule has 0 fully saturated rings. The summed E-state index contributed by atoms with van der Waals surface area (Å²) in [6.07, 6.45) is 0.989. The number of aryl methyl sites for hydroxylation is 1. The van der Waals surface area contributed by atoms with Crippen LogP contribution in [0.1, 0.15) is 5.56 Å². The molecule has 0 unspecified atom stereocenters. The lowest BCUT2D eigenvalue weighted by molar-refractivity contribution is 0.593. The molecule has 0 spiro atoms. The minimum absolute atomic E-state index is 0.258. The molecule has 0 aliphatic heterocycles. The molecule has 18 heavy (non-hydrogen) atoms. The van der Waals surface area contributed by atoms with Gasteiger partial charge in [0.15, 0.2) is 0 Å². The first-order valence-corrected chi connectivity index (χ1v) is 8.85. The summed E-state index contributed by atoms with van der Waals surface area (Å²) in [6, 6.07) is 4.89. The SMILES string of the molecule is Cc1ccc(NS(=O)(=O)CCS(C)(=O)=O)c(N)c1. The topological polar surface area (TPSA) is 106 Å². The van der Waals surface area contributed by atoms with Gasteiger partial charge in [-0.1, -0.05) is 6.07 Å². The van der Waals surface area contributed by atoms with Crippen molar-refractivity contribution in [2.45, 2.75) is 6.92 Å². The number of hydrogen-bond donors (Lipinski definition) is 2. The summed E-state index contributed by atoms with van der Waals surface area (Å²) in [6.45, 7) is 1.83. The zero-order valence-corrected chi connectivity index (χ0v) is 11.8. The van der Waals surface area contributed by atoms with Crippen LogP contribution in [0, 0.1) is 6.92 Å². The lowest BCUT2D eigenvalue weighted by atomic mass is 10.2. The molecule has 0 aromatic heterocycles. The Morgan fingerprint density at radius 1 is 1.17 bits per heavy atom. The molecule has 0 heterocycles. The van der Waals surface area contributed by atoms with Crippen molar-refractivity contribution >= 4 is 31.2 Å². The number of nitrogens with two attached hydrogens (primary N) is 1. The molecule has 0 saturated heterocycles. The van der Waals surface area contributed by atoms with Crippen molar-refractivity contribution in [3.63, 3.8) is 0 Å². The van der Waals surface area contributed by atoms with Crippen molar-refractivity contribution in [2.24, 2.45) is 0 Å². The highest BCUT2D eigenvalue weighted by molar-refractivity contribution is 7.95. The van der Waals surface area contributed by atoms with Gasteiger partial charge in [0.25, 0.3) is 0 Å². The monoisotopic (exact) mass is 292 g/mol. The van der Waals surface area contributed by atoms with E-state index in [1.54, 1.807) is 18.2 Å². The van der Waals surface area contributed by atoms with Gasteiger partial charge < -0.3 is 5.73 Å². The van der Waals surface area contributed by atoms with Crippen LogP contribution in [0.15, 0.2) is 18.2 Å². The van der Waals surface area contributed by atoms with Crippen LogP contribution in [0.2, 0.25) is 0 Å². The number of rotatable bonds is 5. The highest BCUT2D eigenvalue weighted by Crippen LogP contribution is 2.20. The summed E-state index contributed by atoms with van der Waals surface area (Å²) in [5.41, 5.74) is 7.14. The molecule has 1 aromatic rings. The maximum atomic E-state index is 11.7. The number of hydrogen-bond acceptors (Lipinski definition) is 5. The summed E-state index contributed by atoms with van der Waals surface area (Å²) < 4.78 is 47.4. The average molecular weight is 292 g/mol. The molecule has 3 N–H and O–H groups in total. The van der Waals surface area contributed by atoms with Crippen LogP contribution in [0.5, 0.6) is 0 Å². The second-order valence-electron chi connectivity index (χ2n) is 4.14. The van der Waals surface area contributed by atoms with Gasteiger partial charge in [0.2, 0.25) is 10.0 Å². The fourth-order valence-corrected chi connectivity index (χ4v) is 3.97. The Morgan fingerprint density at radius 2 is 1.78 bits per heavy atom. The van der Waals surface area contributed by atoms with Crippen LogP contribution in [-0.2, 0) is 19.9 Å². The summed E-state index contributed by atoms with van der Waals surface area (Å²) >= 11 is 0. The molecular weight excluding hydrogens is 276 g/mol. The van der Waals surface area contributed by atoms with E-state index in [-0.39, 0.29) is 5.69 Å². The van der Waals surface area contributed by atoms with Gasteiger partial charge in [-0.25, -0.2) is 16.8 Å². The first-order valence-electron chi connectivity index (χ1n) is 5.13. The van der Waals surface area contributed by atoms with E-state index >= 15 is 0 Å². The van der Waals surface area contributed by atoms with Crippen LogP contribution in [0.25, 0.3) is 0 Å². The van der Waals surface area contributed by atoms with Crippen molar-refractivity contribution in [2.75, 3.05) is 28.2 Å². The molecule has 0 aliphatic carbocycles. The maximum Gasteiger partial charge on any atom is 0.233 e. The largest absolute Gasteiger partial charge is 0.397 e. The van der Waals surface area contributed by atoms with Gasteiger partial charge >= 0.3 is 0 Å². The van der Waals surface area contributed by atoms with Gasteiger partial charge in [-0.15, -0.1) is 0 Å². The van der Waals surface area contributed by atoms with Crippen LogP contribution < -0.4 is 10.5 Å². The fourth-order valence-electron chi connectivity index (χ4n) is 1.25. The molecule has 0 amide bonds. The van der Waals surface area contributed by atoms with Crippen molar-refractivity contribution in [1.82, 2.24) is 0 Å². The number of sulfone groups is 1. The van der Waals surface area contributed by atoms with Crippen molar-refractivity contribution in [3.05, 3.63) is 23.8 Å². The van der Waals surface area contributed by atoms with Crippen LogP contribution >= 0.6 is 0 Å². The number of benzene rings is 1. The summed E-state index contributed by atoms with van der Waals surface area (Å²) in [4.78, 5) is 0. The normalized spacial score (nSPS) is 12.3. The van der Waals surface area contributed by atoms with Crippen molar-refractivity contribution < 1.29 is 16.8 Å². The van der Waals surface area contributed by atoms with Gasteiger partial charge in [-0.3, -0.25) is 4.72 Å². The molecule has 8 heteroatoms. The van der Waals surface area contributed by atoms with E-state index in [0.29, 0.717) is 5.69 Å². The Kier molecular flexibility index (Phi) is 4.23. The van der Waals surface area contributed by atoms with Crippen LogP contribution in [0.3, 0.4) is 0 Å². The van der Waals surface area contributed by atoms with E-state index in [9.17, 15) is 16.8 Å². The zero-order chi connectivity index (χ0) is 14.0. The number of nitrogen functional groups attached to an aromatic ring is 1. The van der Waals surface area contributed by atoms with Gasteiger partial charge in [-0.05, 0) is 24.6 Å². The molecule has 0 saturated carbocycles. The summed E-state index contributed by atoms with van der Waals surface area (Å²) in [5, 5.41) is 0. The minimum Gasteiger partial charge on any atom is -0.397 e. The number of nitrogens with one attached hydrogen (secondary N) is 1. The predicted octanol–water partition coefficient (Wildman–Crippen LogP) is 0.364. The molecule has 0 bridgehead atoms. The summed E-state index contributed by atoms with van der Waals surface area (Å²) in [5.74, 6) is -0.909. The highest BCUT2D eigenvalue weighted by atomic mass is 32.2. The smallest absolute Gasteiger partial charge is 0.233 e. The Hall–Kier alpha value is -1.28. The average Bonchev–Trinajstić information content (AvgIpc) is 2.19. The van der Waals surface area contributed by atoms with E-state index in [1.807, 2.05) is 6.92 Å². The molecule has 0 radical (unpaired) electrons. The third-order valence-corrected chi connectivity index (χ3v) is 4.67. The first kappa shape index (κ1) is 14.8. The Balaban J connectivity index is 2.83. The third kappa shape index (κ3) is 4.92. The van der Waals surface area contributed by atoms with E-state index in [1.165, 1.54) is 0 Å². The molecule has 1 rings (SSSR count). The standard InChI is InChI=1S/C10H16N2O4S2/c1-8-3-4-10(9(11)7-8)12-18(15,16)6-5-17(2,13)14/h3-4,7,12H,5-6,11H2,1-2H3. The molecule has 0 aliphatic rings. The van der Waals surface area contributed by atoms with E-state index in [2.05, 4.69) is 4.72 Å². The van der Waals surface area contributed by atoms with Crippen LogP contribution in [0.4, 0.5) is 11.4 Å². The Bertz CT molecular complexity index is 636. The van der Waals surface area contributed by atoms with Gasteiger partial charge in [-0.2, -0.15) is 0 Å². The molecule has 1 aromatic carbocycles. The van der Waals surface area contributed by atoms with Crippen molar-refractivity contribution in [1.29, 1.82) is 0 Å². The van der Waals surface area contributed by atoms with E-state index in [0.717, 1.165) is 11.8 Å². The second kappa shape index (κ2) is 5.15. The quantitative estimate of drug-likeness (QED) is 0.762. The number of sulfonamides is 1. The lowest BCUT2D eigenvalue weighted by Gasteiger charge is -2.10. The third-order valence-electron chi connectivity index (χ3n) is 2.20. The highest BCUT2D eigenvalue weighted by Gasteiger charge is 2.15. The molecule has 0 atom stereocenters. The Labute approximate surface area is 107 Å². The van der Waals surface area contributed by atoms with Gasteiger partial charge in [0.05, 0.1) is 22.9 Å². The predicted molar refractivity (Wildman–Crippen MR) is 72.7 cm³/mol. The molecule has 102 valence electrons. The second-order valence-corrected chi connectivity index (χ2v) is 8.24. The summed E-state index contributed by atoms with van der Waals surface area (Å²) in [7, 11) is -7.03. The van der Waals surface area contributed by atoms with Gasteiger partial charge in [0.1, 0.15) is 9.84 Å². The van der Waals surface area contributed by atoms with Crippen LogP contribution in [-0.4, -0.2) is 34.6 Å². The zero-order valence-electron chi connectivity index (χ0n) is 10.2. The Morgan fingerprint density at radius 3 is 2.28 bits per heavy atom. The van der Waals surface area contributed by atoms with E-state index in [4.69, 9.17) is 5.73 Å². The maximum absolute atomic E-state index is 11.7. The fraction of sp³-hybridized carbons (Fsp3) is 0.400. The minimum atomic E-state index is -3.71. The molecule has 6 nitrogen and oxygen atoms in total.